The van der Waals surface area contributed by atoms with Crippen LogP contribution < -0.4 is 10.1 Å². The Labute approximate surface area is 192 Å². The first-order valence-corrected chi connectivity index (χ1v) is 11.1. The van der Waals surface area contributed by atoms with Crippen molar-refractivity contribution in [3.05, 3.63) is 89.6 Å². The van der Waals surface area contributed by atoms with Crippen LogP contribution in [0.4, 0.5) is 4.39 Å². The second kappa shape index (κ2) is 10.3. The number of rotatable bonds is 8. The van der Waals surface area contributed by atoms with Gasteiger partial charge in [0.2, 0.25) is 5.91 Å². The zero-order valence-electron chi connectivity index (χ0n) is 18.5. The summed E-state index contributed by atoms with van der Waals surface area (Å²) in [6.45, 7) is 0.0284. The predicted molar refractivity (Wildman–Crippen MR) is 121 cm³/mol. The van der Waals surface area contributed by atoms with Gasteiger partial charge in [0, 0.05) is 17.2 Å². The van der Waals surface area contributed by atoms with Crippen molar-refractivity contribution in [3.63, 3.8) is 0 Å². The summed E-state index contributed by atoms with van der Waals surface area (Å²) >= 11 is 0. The number of ether oxygens (including phenoxy) is 1. The molecule has 1 fully saturated rings. The number of furan rings is 1. The molecule has 0 radical (unpaired) electrons. The molecule has 0 unspecified atom stereocenters. The number of halogens is 1. The third-order valence-electron chi connectivity index (χ3n) is 5.99. The van der Waals surface area contributed by atoms with Crippen molar-refractivity contribution in [2.24, 2.45) is 0 Å². The van der Waals surface area contributed by atoms with Crippen LogP contribution in [0.15, 0.2) is 71.3 Å². The lowest BCUT2D eigenvalue weighted by Gasteiger charge is -2.32. The maximum atomic E-state index is 15.0. The molecule has 6 nitrogen and oxygen atoms in total. The van der Waals surface area contributed by atoms with Crippen molar-refractivity contribution in [1.82, 2.24) is 10.2 Å². The molecule has 1 N–H and O–H groups in total. The van der Waals surface area contributed by atoms with Crippen molar-refractivity contribution in [2.75, 3.05) is 7.11 Å². The molecule has 33 heavy (non-hydrogen) atoms. The fraction of sp³-hybridized carbons (Fsp3) is 0.308. The third-order valence-corrected chi connectivity index (χ3v) is 5.99. The summed E-state index contributed by atoms with van der Waals surface area (Å²) in [6.07, 6.45) is 5.20. The summed E-state index contributed by atoms with van der Waals surface area (Å²) in [5.41, 5.74) is 0.817. The highest BCUT2D eigenvalue weighted by Crippen LogP contribution is 2.31. The minimum atomic E-state index is -1.19. The molecule has 172 valence electrons. The van der Waals surface area contributed by atoms with E-state index in [0.29, 0.717) is 11.3 Å². The molecular formula is C26H27FN2O4. The van der Waals surface area contributed by atoms with Crippen LogP contribution in [0.1, 0.15) is 53.4 Å². The molecule has 3 aromatic rings. The fourth-order valence-corrected chi connectivity index (χ4v) is 4.34. The fourth-order valence-electron chi connectivity index (χ4n) is 4.34. The Balaban J connectivity index is 1.78. The average molecular weight is 451 g/mol. The van der Waals surface area contributed by atoms with E-state index in [9.17, 15) is 14.0 Å². The van der Waals surface area contributed by atoms with Gasteiger partial charge in [0.1, 0.15) is 17.6 Å². The lowest BCUT2D eigenvalue weighted by atomic mass is 10.0. The number of nitrogens with zero attached hydrogens (tertiary/aromatic N) is 1. The summed E-state index contributed by atoms with van der Waals surface area (Å²) in [6, 6.07) is 15.3. The number of nitrogens with one attached hydrogen (secondary N) is 1. The Kier molecular flexibility index (Phi) is 7.07. The van der Waals surface area contributed by atoms with Crippen LogP contribution in [0.3, 0.4) is 0 Å². The number of methoxy groups -OCH3 is 1. The Morgan fingerprint density at radius 1 is 1.09 bits per heavy atom. The van der Waals surface area contributed by atoms with Crippen molar-refractivity contribution < 1.29 is 23.1 Å². The van der Waals surface area contributed by atoms with Gasteiger partial charge in [-0.15, -0.1) is 0 Å². The van der Waals surface area contributed by atoms with Gasteiger partial charge in [-0.1, -0.05) is 49.2 Å². The van der Waals surface area contributed by atoms with Gasteiger partial charge in [0.25, 0.3) is 5.91 Å². The Bertz CT molecular complexity index is 1090. The van der Waals surface area contributed by atoms with E-state index >= 15 is 0 Å². The van der Waals surface area contributed by atoms with Gasteiger partial charge >= 0.3 is 0 Å². The minimum Gasteiger partial charge on any atom is -0.496 e. The highest BCUT2D eigenvalue weighted by Gasteiger charge is 2.36. The number of carbonyl (C=O) groups excluding carboxylic acids is 2. The van der Waals surface area contributed by atoms with Crippen LogP contribution in [0.25, 0.3) is 0 Å². The molecule has 1 aliphatic rings. The summed E-state index contributed by atoms with van der Waals surface area (Å²) < 4.78 is 25.8. The van der Waals surface area contributed by atoms with E-state index in [4.69, 9.17) is 9.15 Å². The largest absolute Gasteiger partial charge is 0.496 e. The smallest absolute Gasteiger partial charge is 0.290 e. The van der Waals surface area contributed by atoms with Crippen molar-refractivity contribution in [2.45, 2.75) is 44.3 Å². The molecule has 0 saturated heterocycles. The SMILES string of the molecule is COc1ccccc1CN(C(=O)c1ccco1)[C@@H](C(=O)NC1CCCC1)c1ccccc1F. The van der Waals surface area contributed by atoms with Crippen molar-refractivity contribution in [3.8, 4) is 5.75 Å². The molecule has 2 amide bonds. The van der Waals surface area contributed by atoms with Gasteiger partial charge in [0.05, 0.1) is 19.9 Å². The summed E-state index contributed by atoms with van der Waals surface area (Å²) in [7, 11) is 1.54. The van der Waals surface area contributed by atoms with E-state index in [1.54, 1.807) is 37.4 Å². The first-order valence-electron chi connectivity index (χ1n) is 11.1. The highest BCUT2D eigenvalue weighted by molar-refractivity contribution is 5.96. The maximum absolute atomic E-state index is 15.0. The van der Waals surface area contributed by atoms with E-state index in [0.717, 1.165) is 25.7 Å². The van der Waals surface area contributed by atoms with E-state index in [-0.39, 0.29) is 23.9 Å². The predicted octanol–water partition coefficient (Wildman–Crippen LogP) is 4.87. The van der Waals surface area contributed by atoms with Gasteiger partial charge < -0.3 is 19.4 Å². The first kappa shape index (κ1) is 22.6. The monoisotopic (exact) mass is 450 g/mol. The molecular weight excluding hydrogens is 423 g/mol. The number of carbonyl (C=O) groups is 2. The molecule has 1 saturated carbocycles. The molecule has 4 rings (SSSR count). The normalized spacial score (nSPS) is 14.6. The van der Waals surface area contributed by atoms with Gasteiger partial charge in [-0.25, -0.2) is 4.39 Å². The Hall–Kier alpha value is -3.61. The van der Waals surface area contributed by atoms with Crippen LogP contribution in [-0.4, -0.2) is 29.9 Å². The molecule has 7 heteroatoms. The molecule has 0 aliphatic heterocycles. The number of hydrogen-bond donors (Lipinski definition) is 1. The minimum absolute atomic E-state index is 0.0126. The van der Waals surface area contributed by atoms with E-state index < -0.39 is 23.7 Å². The molecule has 1 heterocycles. The number of hydrogen-bond acceptors (Lipinski definition) is 4. The summed E-state index contributed by atoms with van der Waals surface area (Å²) in [5, 5.41) is 3.04. The van der Waals surface area contributed by atoms with Gasteiger partial charge in [0.15, 0.2) is 5.76 Å². The van der Waals surface area contributed by atoms with E-state index in [2.05, 4.69) is 5.32 Å². The van der Waals surface area contributed by atoms with Gasteiger partial charge in [-0.05, 0) is 37.1 Å². The number of para-hydroxylation sites is 1. The standard InChI is InChI=1S/C26H27FN2O4/c1-32-22-14-7-2-9-18(22)17-29(26(31)23-15-8-16-33-23)24(20-12-5-6-13-21(20)27)25(30)28-19-10-3-4-11-19/h2,5-9,12-16,19,24H,3-4,10-11,17H2,1H3,(H,28,30)/t24-/m1/s1. The lowest BCUT2D eigenvalue weighted by molar-refractivity contribution is -0.127. The van der Waals surface area contributed by atoms with Crippen LogP contribution in [0.2, 0.25) is 0 Å². The maximum Gasteiger partial charge on any atom is 0.290 e. The zero-order chi connectivity index (χ0) is 23.2. The Morgan fingerprint density at radius 3 is 2.52 bits per heavy atom. The van der Waals surface area contributed by atoms with E-state index in [1.807, 2.05) is 18.2 Å². The van der Waals surface area contributed by atoms with E-state index in [1.165, 1.54) is 23.3 Å². The van der Waals surface area contributed by atoms with Crippen molar-refractivity contribution >= 4 is 11.8 Å². The van der Waals surface area contributed by atoms with Gasteiger partial charge in [-0.3, -0.25) is 9.59 Å². The zero-order valence-corrected chi connectivity index (χ0v) is 18.5. The van der Waals surface area contributed by atoms with Crippen LogP contribution in [0.5, 0.6) is 5.75 Å². The second-order valence-corrected chi connectivity index (χ2v) is 8.14. The molecule has 0 spiro atoms. The van der Waals surface area contributed by atoms with Crippen molar-refractivity contribution in [1.29, 1.82) is 0 Å². The van der Waals surface area contributed by atoms with Crippen LogP contribution in [-0.2, 0) is 11.3 Å². The highest BCUT2D eigenvalue weighted by atomic mass is 19.1. The molecule has 1 aromatic heterocycles. The lowest BCUT2D eigenvalue weighted by Crippen LogP contribution is -2.46. The molecule has 0 bridgehead atoms. The topological polar surface area (TPSA) is 71.8 Å². The Morgan fingerprint density at radius 2 is 1.82 bits per heavy atom. The van der Waals surface area contributed by atoms with Crippen LogP contribution >= 0.6 is 0 Å². The quantitative estimate of drug-likeness (QED) is 0.532. The number of amides is 2. The third kappa shape index (κ3) is 5.08. The van der Waals surface area contributed by atoms with Crippen LogP contribution in [0, 0.1) is 5.82 Å². The first-order chi connectivity index (χ1) is 16.1. The molecule has 1 aliphatic carbocycles. The second-order valence-electron chi connectivity index (χ2n) is 8.14. The summed E-state index contributed by atoms with van der Waals surface area (Å²) in [5.74, 6) is -0.845. The average Bonchev–Trinajstić information content (AvgIpc) is 3.54. The number of benzene rings is 2. The molecule has 2 aromatic carbocycles. The van der Waals surface area contributed by atoms with Gasteiger partial charge in [-0.2, -0.15) is 0 Å². The summed E-state index contributed by atoms with van der Waals surface area (Å²) in [4.78, 5) is 28.5. The molecule has 1 atom stereocenters.